The summed E-state index contributed by atoms with van der Waals surface area (Å²) < 4.78 is 66.3. The van der Waals surface area contributed by atoms with Crippen molar-refractivity contribution in [3.63, 3.8) is 0 Å². The van der Waals surface area contributed by atoms with Crippen LogP contribution in [0.3, 0.4) is 0 Å². The van der Waals surface area contributed by atoms with Gasteiger partial charge in [0.05, 0.1) is 10.7 Å². The van der Waals surface area contributed by atoms with E-state index in [1.54, 1.807) is 0 Å². The molecule has 10 heteroatoms. The van der Waals surface area contributed by atoms with Gasteiger partial charge in [0.1, 0.15) is 17.5 Å². The van der Waals surface area contributed by atoms with Crippen LogP contribution in [0.25, 0.3) is 11.3 Å². The number of likely N-dealkylation sites (tertiary alicyclic amines) is 1. The van der Waals surface area contributed by atoms with E-state index in [0.717, 1.165) is 63.9 Å². The number of rotatable bonds is 5. The number of aromatic nitrogens is 2. The van der Waals surface area contributed by atoms with Crippen LogP contribution < -0.4 is 4.74 Å². The van der Waals surface area contributed by atoms with Crippen molar-refractivity contribution in [2.75, 3.05) is 32.8 Å². The van der Waals surface area contributed by atoms with Gasteiger partial charge in [-0.3, -0.25) is 0 Å². The summed E-state index contributed by atoms with van der Waals surface area (Å²) in [6.07, 6.45) is -1.45. The monoisotopic (exact) mass is 499 g/mol. The predicted molar refractivity (Wildman–Crippen MR) is 118 cm³/mol. The Hall–Kier alpha value is -1.97. The highest BCUT2D eigenvalue weighted by Gasteiger charge is 2.44. The highest BCUT2D eigenvalue weighted by molar-refractivity contribution is 6.33. The van der Waals surface area contributed by atoms with E-state index in [1.807, 2.05) is 0 Å². The number of hydrogen-bond donors (Lipinski definition) is 0. The second-order valence-corrected chi connectivity index (χ2v) is 9.98. The number of benzene rings is 1. The molecule has 2 aliphatic heterocycles. The number of ether oxygens (including phenoxy) is 2. The van der Waals surface area contributed by atoms with Gasteiger partial charge < -0.3 is 14.4 Å². The molecule has 0 bridgehead atoms. The molecule has 5 nitrogen and oxygen atoms in total. The van der Waals surface area contributed by atoms with E-state index in [2.05, 4.69) is 15.1 Å². The minimum Gasteiger partial charge on any atom is -0.473 e. The Bertz CT molecular complexity index is 1020. The average Bonchev–Trinajstić information content (AvgIpc) is 3.33. The van der Waals surface area contributed by atoms with Crippen molar-refractivity contribution in [3.8, 4) is 17.1 Å². The van der Waals surface area contributed by atoms with E-state index in [0.29, 0.717) is 30.6 Å². The van der Waals surface area contributed by atoms with Crippen LogP contribution in [0.1, 0.15) is 31.2 Å². The third-order valence-corrected chi connectivity index (χ3v) is 7.52. The van der Waals surface area contributed by atoms with Crippen LogP contribution in [0.4, 0.5) is 17.6 Å². The lowest BCUT2D eigenvalue weighted by atomic mass is 10.00. The summed E-state index contributed by atoms with van der Waals surface area (Å²) in [6.45, 7) is 4.63. The number of fused-ring (bicyclic) bond motifs is 1. The highest BCUT2D eigenvalue weighted by atomic mass is 35.5. The third-order valence-electron chi connectivity index (χ3n) is 7.19. The minimum atomic E-state index is -4.70. The molecule has 1 aromatic heterocycles. The molecule has 34 heavy (non-hydrogen) atoms. The van der Waals surface area contributed by atoms with Crippen LogP contribution in [-0.4, -0.2) is 54.0 Å². The van der Waals surface area contributed by atoms with Gasteiger partial charge >= 0.3 is 6.18 Å². The Kier molecular flexibility index (Phi) is 6.70. The van der Waals surface area contributed by atoms with Gasteiger partial charge in [-0.15, -0.1) is 10.2 Å². The van der Waals surface area contributed by atoms with Crippen molar-refractivity contribution in [3.05, 3.63) is 40.7 Å². The SMILES string of the molecule is Fc1ccc(Cl)c(-c2cc(C(F)(F)F)c(OC3C[C@@H]4CN(CC5CCOCC5)C[C@@H]4C3)nn2)c1. The summed E-state index contributed by atoms with van der Waals surface area (Å²) in [6, 6.07) is 4.27. The van der Waals surface area contributed by atoms with Gasteiger partial charge in [0, 0.05) is 38.4 Å². The standard InChI is InChI=1S/C24H26ClF4N3O2/c25-21-2-1-17(26)9-19(21)22-10-20(24(27,28)29)23(31-30-22)34-18-7-15-12-32(13-16(15)8-18)11-14-3-5-33-6-4-14/h1-2,9-10,14-16,18H,3-8,11-13H2/t15-,16+,18?. The molecule has 0 spiro atoms. The first-order chi connectivity index (χ1) is 16.3. The summed E-state index contributed by atoms with van der Waals surface area (Å²) in [5, 5.41) is 7.71. The molecule has 2 saturated heterocycles. The second-order valence-electron chi connectivity index (χ2n) is 9.58. The molecule has 1 saturated carbocycles. The second kappa shape index (κ2) is 9.59. The van der Waals surface area contributed by atoms with Crippen molar-refractivity contribution in [2.45, 2.75) is 38.0 Å². The molecule has 2 aromatic rings. The van der Waals surface area contributed by atoms with Crippen LogP contribution in [-0.2, 0) is 10.9 Å². The number of alkyl halides is 3. The number of nitrogens with zero attached hydrogens (tertiary/aromatic N) is 3. The molecule has 0 amide bonds. The fraction of sp³-hybridized carbons (Fsp3) is 0.583. The van der Waals surface area contributed by atoms with Crippen molar-refractivity contribution < 1.29 is 27.0 Å². The molecular formula is C24H26ClF4N3O2. The van der Waals surface area contributed by atoms with Gasteiger partial charge in [0.15, 0.2) is 0 Å². The average molecular weight is 500 g/mol. The normalized spacial score (nSPS) is 26.1. The van der Waals surface area contributed by atoms with E-state index in [4.69, 9.17) is 21.1 Å². The third kappa shape index (κ3) is 5.16. The quantitative estimate of drug-likeness (QED) is 0.510. The molecule has 184 valence electrons. The van der Waals surface area contributed by atoms with Crippen molar-refractivity contribution in [2.24, 2.45) is 17.8 Å². The Balaban J connectivity index is 1.26. The van der Waals surface area contributed by atoms with Gasteiger partial charge in [-0.2, -0.15) is 13.2 Å². The smallest absolute Gasteiger partial charge is 0.421 e. The fourth-order valence-electron chi connectivity index (χ4n) is 5.53. The van der Waals surface area contributed by atoms with Gasteiger partial charge in [-0.05, 0) is 67.7 Å². The fourth-order valence-corrected chi connectivity index (χ4v) is 5.75. The lowest BCUT2D eigenvalue weighted by Gasteiger charge is -2.27. The first kappa shape index (κ1) is 23.8. The maximum Gasteiger partial charge on any atom is 0.421 e. The molecule has 0 N–H and O–H groups in total. The zero-order valence-corrected chi connectivity index (χ0v) is 19.3. The van der Waals surface area contributed by atoms with Crippen molar-refractivity contribution in [1.82, 2.24) is 15.1 Å². The summed E-state index contributed by atoms with van der Waals surface area (Å²) in [5.74, 6) is 0.329. The van der Waals surface area contributed by atoms with E-state index in [-0.39, 0.29) is 22.4 Å². The zero-order chi connectivity index (χ0) is 23.9. The topological polar surface area (TPSA) is 47.5 Å². The molecule has 5 rings (SSSR count). The molecule has 3 aliphatic rings. The number of halogens is 5. The van der Waals surface area contributed by atoms with Crippen LogP contribution in [0.5, 0.6) is 5.88 Å². The van der Waals surface area contributed by atoms with Crippen LogP contribution >= 0.6 is 11.6 Å². The van der Waals surface area contributed by atoms with Crippen LogP contribution in [0.2, 0.25) is 5.02 Å². The molecule has 3 fully saturated rings. The Morgan fingerprint density at radius 1 is 1.06 bits per heavy atom. The van der Waals surface area contributed by atoms with E-state index >= 15 is 0 Å². The molecule has 0 radical (unpaired) electrons. The van der Waals surface area contributed by atoms with Crippen molar-refractivity contribution in [1.29, 1.82) is 0 Å². The summed E-state index contributed by atoms with van der Waals surface area (Å²) in [7, 11) is 0. The molecule has 1 aromatic carbocycles. The summed E-state index contributed by atoms with van der Waals surface area (Å²) in [5.41, 5.74) is -1.14. The van der Waals surface area contributed by atoms with Crippen LogP contribution in [0.15, 0.2) is 24.3 Å². The Morgan fingerprint density at radius 3 is 2.44 bits per heavy atom. The largest absolute Gasteiger partial charge is 0.473 e. The summed E-state index contributed by atoms with van der Waals surface area (Å²) >= 11 is 6.05. The Labute approximate surface area is 200 Å². The molecule has 3 heterocycles. The van der Waals surface area contributed by atoms with Gasteiger partial charge in [0.2, 0.25) is 5.88 Å². The van der Waals surface area contributed by atoms with Crippen LogP contribution in [0, 0.1) is 23.6 Å². The van der Waals surface area contributed by atoms with Gasteiger partial charge in [-0.25, -0.2) is 4.39 Å². The Morgan fingerprint density at radius 2 is 1.76 bits per heavy atom. The maximum absolute atomic E-state index is 13.8. The molecular weight excluding hydrogens is 474 g/mol. The van der Waals surface area contributed by atoms with E-state index in [1.165, 1.54) is 6.07 Å². The molecule has 3 atom stereocenters. The number of hydrogen-bond acceptors (Lipinski definition) is 5. The lowest BCUT2D eigenvalue weighted by Crippen LogP contribution is -2.32. The summed E-state index contributed by atoms with van der Waals surface area (Å²) in [4.78, 5) is 2.49. The van der Waals surface area contributed by atoms with E-state index < -0.39 is 23.4 Å². The molecule has 1 unspecified atom stereocenters. The van der Waals surface area contributed by atoms with Gasteiger partial charge in [-0.1, -0.05) is 11.6 Å². The van der Waals surface area contributed by atoms with E-state index in [9.17, 15) is 17.6 Å². The maximum atomic E-state index is 13.8. The minimum absolute atomic E-state index is 0.0474. The zero-order valence-electron chi connectivity index (χ0n) is 18.5. The first-order valence-electron chi connectivity index (χ1n) is 11.6. The lowest BCUT2D eigenvalue weighted by molar-refractivity contribution is -0.139. The van der Waals surface area contributed by atoms with Gasteiger partial charge in [0.25, 0.3) is 0 Å². The van der Waals surface area contributed by atoms with Crippen molar-refractivity contribution >= 4 is 11.6 Å². The predicted octanol–water partition coefficient (Wildman–Crippen LogP) is 5.47. The highest BCUT2D eigenvalue weighted by Crippen LogP contribution is 2.43. The molecule has 1 aliphatic carbocycles. The first-order valence-corrected chi connectivity index (χ1v) is 12.0.